The van der Waals surface area contributed by atoms with Crippen LogP contribution in [0.3, 0.4) is 0 Å². The minimum absolute atomic E-state index is 0.491. The van der Waals surface area contributed by atoms with Gasteiger partial charge in [-0.25, -0.2) is 9.13 Å². The van der Waals surface area contributed by atoms with Crippen LogP contribution in [0.4, 0.5) is 0 Å². The number of hydrogen-bond donors (Lipinski definition) is 0. The molecule has 4 heteroatoms. The molecule has 152 valence electrons. The molecule has 0 saturated heterocycles. The van der Waals surface area contributed by atoms with E-state index in [1.165, 1.54) is 38.5 Å². The lowest BCUT2D eigenvalue weighted by Crippen LogP contribution is -2.53. The minimum atomic E-state index is -2.43. The average molecular weight is 385 g/mol. The summed E-state index contributed by atoms with van der Waals surface area (Å²) in [6, 6.07) is 0. The van der Waals surface area contributed by atoms with Gasteiger partial charge in [0.1, 0.15) is 0 Å². The first kappa shape index (κ1) is 25.3. The summed E-state index contributed by atoms with van der Waals surface area (Å²) in [5.41, 5.74) is 0. The van der Waals surface area contributed by atoms with Gasteiger partial charge in [0.2, 0.25) is 5.28 Å². The molecule has 1 atom stereocenters. The Labute approximate surface area is 163 Å². The Morgan fingerprint density at radius 2 is 1.15 bits per heavy atom. The van der Waals surface area contributed by atoms with Crippen molar-refractivity contribution in [2.24, 2.45) is 0 Å². The quantitative estimate of drug-likeness (QED) is 0.120. The number of hydrogen-bond acceptors (Lipinski definition) is 2. The van der Waals surface area contributed by atoms with Crippen LogP contribution in [0.15, 0.2) is 24.3 Å². The predicted octanol–water partition coefficient (Wildman–Crippen LogP) is 7.40. The lowest BCUT2D eigenvalue weighted by atomic mass is 10.0. The minimum Gasteiger partial charge on any atom is -0.314 e. The SMILES string of the molecule is CCCCC=CCCCCC=CCCCCC(CC)(P(=O)=O)[N+](C)(C)C. The van der Waals surface area contributed by atoms with E-state index < -0.39 is 13.0 Å². The summed E-state index contributed by atoms with van der Waals surface area (Å²) < 4.78 is 24.2. The number of rotatable bonds is 16. The molecule has 0 fully saturated rings. The van der Waals surface area contributed by atoms with Crippen LogP contribution in [0.5, 0.6) is 0 Å². The molecule has 26 heavy (non-hydrogen) atoms. The highest BCUT2D eigenvalue weighted by Gasteiger charge is 2.46. The summed E-state index contributed by atoms with van der Waals surface area (Å²) >= 11 is 0. The fraction of sp³-hybridized carbons (Fsp3) is 0.818. The van der Waals surface area contributed by atoms with Gasteiger partial charge in [-0.15, -0.1) is 0 Å². The Balaban J connectivity index is 3.88. The van der Waals surface area contributed by atoms with E-state index in [0.29, 0.717) is 10.9 Å². The van der Waals surface area contributed by atoms with Crippen molar-refractivity contribution < 1.29 is 13.6 Å². The van der Waals surface area contributed by atoms with Gasteiger partial charge in [0, 0.05) is 12.8 Å². The lowest BCUT2D eigenvalue weighted by molar-refractivity contribution is -0.908. The Morgan fingerprint density at radius 3 is 1.50 bits per heavy atom. The summed E-state index contributed by atoms with van der Waals surface area (Å²) in [6.07, 6.45) is 22.4. The molecule has 0 bridgehead atoms. The molecular formula is C22H43NO2P+. The summed E-state index contributed by atoms with van der Waals surface area (Å²) in [6.45, 7) is 4.23. The van der Waals surface area contributed by atoms with Crippen LogP contribution < -0.4 is 0 Å². The molecule has 0 aliphatic carbocycles. The lowest BCUT2D eigenvalue weighted by Gasteiger charge is -2.40. The molecule has 0 aromatic heterocycles. The topological polar surface area (TPSA) is 34.1 Å². The van der Waals surface area contributed by atoms with E-state index in [0.717, 1.165) is 32.1 Å². The van der Waals surface area contributed by atoms with Crippen LogP contribution in [0.2, 0.25) is 0 Å². The fourth-order valence-electron chi connectivity index (χ4n) is 3.44. The van der Waals surface area contributed by atoms with E-state index in [1.807, 2.05) is 28.1 Å². The van der Waals surface area contributed by atoms with Gasteiger partial charge in [-0.3, -0.25) is 0 Å². The van der Waals surface area contributed by atoms with E-state index in [9.17, 15) is 9.13 Å². The third kappa shape index (κ3) is 9.88. The van der Waals surface area contributed by atoms with Gasteiger partial charge in [0.15, 0.2) is 0 Å². The van der Waals surface area contributed by atoms with E-state index in [-0.39, 0.29) is 0 Å². The summed E-state index contributed by atoms with van der Waals surface area (Å²) in [7, 11) is 3.55. The Bertz CT molecular complexity index is 467. The van der Waals surface area contributed by atoms with Gasteiger partial charge in [-0.2, -0.15) is 0 Å². The van der Waals surface area contributed by atoms with Crippen molar-refractivity contribution >= 4 is 7.68 Å². The molecule has 0 heterocycles. The molecule has 0 aliphatic heterocycles. The first-order valence-electron chi connectivity index (χ1n) is 10.6. The zero-order valence-electron chi connectivity index (χ0n) is 18.0. The standard InChI is InChI=1S/C22H43NO2P/c1-6-8-9-10-11-12-13-14-15-16-17-18-19-20-21-22(7-2,26(24)25)23(3,4)5/h10-11,16-17H,6-9,12-15,18-21H2,1-5H3/q+1. The number of unbranched alkanes of at least 4 members (excludes halogenated alkanes) is 7. The molecule has 0 spiro atoms. The molecule has 0 aromatic carbocycles. The van der Waals surface area contributed by atoms with Crippen LogP contribution in [-0.2, 0) is 9.13 Å². The molecule has 3 nitrogen and oxygen atoms in total. The molecule has 0 aromatic rings. The summed E-state index contributed by atoms with van der Waals surface area (Å²) in [4.78, 5) is 0. The maximum Gasteiger partial charge on any atom is 0.378 e. The number of nitrogens with zero attached hydrogens (tertiary/aromatic N) is 1. The second-order valence-electron chi connectivity index (χ2n) is 8.22. The average Bonchev–Trinajstić information content (AvgIpc) is 2.57. The van der Waals surface area contributed by atoms with E-state index in [4.69, 9.17) is 0 Å². The molecule has 0 amide bonds. The highest BCUT2D eigenvalue weighted by atomic mass is 31.1. The van der Waals surface area contributed by atoms with Crippen LogP contribution in [0.1, 0.15) is 90.9 Å². The highest BCUT2D eigenvalue weighted by molar-refractivity contribution is 7.32. The fourth-order valence-corrected chi connectivity index (χ4v) is 4.53. The molecule has 0 aliphatic rings. The van der Waals surface area contributed by atoms with E-state index in [2.05, 4.69) is 31.2 Å². The first-order valence-corrected chi connectivity index (χ1v) is 11.8. The normalized spacial score (nSPS) is 15.0. The molecule has 0 radical (unpaired) electrons. The van der Waals surface area contributed by atoms with Gasteiger partial charge in [0.05, 0.1) is 21.1 Å². The van der Waals surface area contributed by atoms with Crippen molar-refractivity contribution in [2.45, 2.75) is 96.2 Å². The van der Waals surface area contributed by atoms with Gasteiger partial charge < -0.3 is 4.48 Å². The predicted molar refractivity (Wildman–Crippen MR) is 114 cm³/mol. The van der Waals surface area contributed by atoms with Gasteiger partial charge >= 0.3 is 7.68 Å². The van der Waals surface area contributed by atoms with Crippen LogP contribution >= 0.6 is 7.68 Å². The zero-order chi connectivity index (χ0) is 19.9. The zero-order valence-corrected chi connectivity index (χ0v) is 18.9. The van der Waals surface area contributed by atoms with Crippen LogP contribution in [0, 0.1) is 0 Å². The number of quaternary nitrogens is 1. The smallest absolute Gasteiger partial charge is 0.314 e. The van der Waals surface area contributed by atoms with Crippen molar-refractivity contribution in [3.8, 4) is 0 Å². The van der Waals surface area contributed by atoms with Crippen molar-refractivity contribution in [3.63, 3.8) is 0 Å². The molecule has 0 saturated carbocycles. The van der Waals surface area contributed by atoms with Gasteiger partial charge in [-0.1, -0.05) is 51.0 Å². The van der Waals surface area contributed by atoms with E-state index in [1.54, 1.807) is 0 Å². The molecule has 0 rings (SSSR count). The monoisotopic (exact) mass is 384 g/mol. The third-order valence-corrected chi connectivity index (χ3v) is 7.22. The Kier molecular flexibility index (Phi) is 14.0. The number of allylic oxidation sites excluding steroid dienone is 4. The maximum atomic E-state index is 11.9. The summed E-state index contributed by atoms with van der Waals surface area (Å²) in [5, 5.41) is -0.621. The van der Waals surface area contributed by atoms with Gasteiger partial charge in [0.25, 0.3) is 0 Å². The third-order valence-electron chi connectivity index (χ3n) is 5.40. The van der Waals surface area contributed by atoms with Crippen molar-refractivity contribution in [3.05, 3.63) is 24.3 Å². The highest BCUT2D eigenvalue weighted by Crippen LogP contribution is 2.42. The first-order chi connectivity index (χ1) is 12.3. The van der Waals surface area contributed by atoms with Crippen molar-refractivity contribution in [1.82, 2.24) is 0 Å². The van der Waals surface area contributed by atoms with Gasteiger partial charge in [-0.05, 0) is 51.4 Å². The Hall–Kier alpha value is -0.660. The van der Waals surface area contributed by atoms with Crippen LogP contribution in [-0.4, -0.2) is 30.9 Å². The molecular weight excluding hydrogens is 341 g/mol. The largest absolute Gasteiger partial charge is 0.378 e. The summed E-state index contributed by atoms with van der Waals surface area (Å²) in [5.74, 6) is 0. The van der Waals surface area contributed by atoms with Crippen molar-refractivity contribution in [1.29, 1.82) is 0 Å². The maximum absolute atomic E-state index is 11.9. The molecule has 1 unspecified atom stereocenters. The second kappa shape index (κ2) is 14.4. The molecule has 0 N–H and O–H groups in total. The van der Waals surface area contributed by atoms with Crippen molar-refractivity contribution in [2.75, 3.05) is 21.1 Å². The van der Waals surface area contributed by atoms with E-state index >= 15 is 0 Å². The Morgan fingerprint density at radius 1 is 0.731 bits per heavy atom. The second-order valence-corrected chi connectivity index (χ2v) is 9.57. The van der Waals surface area contributed by atoms with Crippen LogP contribution in [0.25, 0.3) is 0 Å².